The molecule has 0 aromatic heterocycles. The van der Waals surface area contributed by atoms with Gasteiger partial charge in [0.25, 0.3) is 5.69 Å². The van der Waals surface area contributed by atoms with Crippen molar-refractivity contribution in [2.24, 2.45) is 0 Å². The van der Waals surface area contributed by atoms with E-state index in [4.69, 9.17) is 6.57 Å². The van der Waals surface area contributed by atoms with E-state index in [1.165, 1.54) is 18.2 Å². The van der Waals surface area contributed by atoms with Crippen molar-refractivity contribution in [2.75, 3.05) is 5.32 Å². The first-order valence-corrected chi connectivity index (χ1v) is 5.58. The van der Waals surface area contributed by atoms with Crippen LogP contribution in [0.4, 0.5) is 21.5 Å². The first-order chi connectivity index (χ1) is 8.45. The standard InChI is InChI=1S/C12H10FN3O2/c1-14-8-2-3-10(16(17)18)9(4-8)15-12-5-11(13,6-12)7-12/h2-4,15H,5-7H2. The van der Waals surface area contributed by atoms with E-state index in [-0.39, 0.29) is 11.2 Å². The predicted molar refractivity (Wildman–Crippen MR) is 63.4 cm³/mol. The molecule has 0 atom stereocenters. The molecule has 0 radical (unpaired) electrons. The van der Waals surface area contributed by atoms with Gasteiger partial charge < -0.3 is 5.32 Å². The van der Waals surface area contributed by atoms with Gasteiger partial charge in [0.2, 0.25) is 0 Å². The Morgan fingerprint density at radius 3 is 2.61 bits per heavy atom. The third-order valence-corrected chi connectivity index (χ3v) is 3.67. The van der Waals surface area contributed by atoms with Crippen LogP contribution < -0.4 is 5.32 Å². The molecular formula is C12H10FN3O2. The molecule has 18 heavy (non-hydrogen) atoms. The highest BCUT2D eigenvalue weighted by Crippen LogP contribution is 2.64. The number of nitrogens with zero attached hydrogens (tertiary/aromatic N) is 2. The van der Waals surface area contributed by atoms with Gasteiger partial charge in [-0.1, -0.05) is 0 Å². The van der Waals surface area contributed by atoms with Crippen LogP contribution in [0.5, 0.6) is 0 Å². The number of benzene rings is 1. The summed E-state index contributed by atoms with van der Waals surface area (Å²) in [6.07, 6.45) is 1.21. The van der Waals surface area contributed by atoms with Crippen LogP contribution in [-0.2, 0) is 0 Å². The zero-order chi connectivity index (χ0) is 13.0. The number of anilines is 1. The molecule has 1 aromatic rings. The third-order valence-electron chi connectivity index (χ3n) is 3.67. The van der Waals surface area contributed by atoms with E-state index >= 15 is 0 Å². The molecule has 3 fully saturated rings. The maximum atomic E-state index is 13.4. The zero-order valence-corrected chi connectivity index (χ0v) is 9.44. The van der Waals surface area contributed by atoms with Crippen molar-refractivity contribution >= 4 is 17.1 Å². The van der Waals surface area contributed by atoms with Gasteiger partial charge in [0.15, 0.2) is 5.69 Å². The second-order valence-corrected chi connectivity index (χ2v) is 5.16. The molecule has 0 spiro atoms. The first kappa shape index (κ1) is 11.0. The molecular weight excluding hydrogens is 237 g/mol. The van der Waals surface area contributed by atoms with Crippen molar-refractivity contribution in [1.82, 2.24) is 0 Å². The summed E-state index contributed by atoms with van der Waals surface area (Å²) < 4.78 is 13.4. The summed E-state index contributed by atoms with van der Waals surface area (Å²) >= 11 is 0. The van der Waals surface area contributed by atoms with Gasteiger partial charge in [-0.05, 0) is 12.1 Å². The fraction of sp³-hybridized carbons (Fsp3) is 0.417. The summed E-state index contributed by atoms with van der Waals surface area (Å²) in [5.74, 6) is 0. The second-order valence-electron chi connectivity index (χ2n) is 5.16. The Balaban J connectivity index is 1.90. The van der Waals surface area contributed by atoms with Crippen LogP contribution in [-0.4, -0.2) is 16.1 Å². The van der Waals surface area contributed by atoms with Crippen molar-refractivity contribution < 1.29 is 9.31 Å². The fourth-order valence-corrected chi connectivity index (χ4v) is 2.94. The molecule has 5 nitrogen and oxygen atoms in total. The van der Waals surface area contributed by atoms with Gasteiger partial charge in [0.1, 0.15) is 11.4 Å². The summed E-state index contributed by atoms with van der Waals surface area (Å²) in [6.45, 7) is 6.92. The minimum Gasteiger partial charge on any atom is -0.375 e. The average Bonchev–Trinajstić information content (AvgIpc) is 2.25. The molecule has 3 saturated carbocycles. The van der Waals surface area contributed by atoms with Crippen LogP contribution in [0, 0.1) is 16.7 Å². The highest BCUT2D eigenvalue weighted by atomic mass is 19.1. The normalized spacial score (nSPS) is 31.8. The maximum Gasteiger partial charge on any atom is 0.289 e. The van der Waals surface area contributed by atoms with Crippen molar-refractivity contribution in [3.63, 3.8) is 0 Å². The van der Waals surface area contributed by atoms with Crippen LogP contribution in [0.2, 0.25) is 0 Å². The minimum absolute atomic E-state index is 0.0694. The molecule has 6 heteroatoms. The van der Waals surface area contributed by atoms with Crippen LogP contribution in [0.15, 0.2) is 18.2 Å². The van der Waals surface area contributed by atoms with Crippen LogP contribution in [0.25, 0.3) is 4.85 Å². The van der Waals surface area contributed by atoms with Crippen LogP contribution >= 0.6 is 0 Å². The second kappa shape index (κ2) is 3.19. The largest absolute Gasteiger partial charge is 0.375 e. The van der Waals surface area contributed by atoms with E-state index in [2.05, 4.69) is 10.2 Å². The monoisotopic (exact) mass is 247 g/mol. The minimum atomic E-state index is -1.06. The van der Waals surface area contributed by atoms with E-state index in [0.717, 1.165) is 0 Å². The van der Waals surface area contributed by atoms with Crippen molar-refractivity contribution in [2.45, 2.75) is 30.5 Å². The van der Waals surface area contributed by atoms with Crippen molar-refractivity contribution in [3.05, 3.63) is 39.7 Å². The quantitative estimate of drug-likeness (QED) is 0.507. The molecule has 0 unspecified atom stereocenters. The molecule has 3 aliphatic rings. The Morgan fingerprint density at radius 2 is 2.11 bits per heavy atom. The van der Waals surface area contributed by atoms with Crippen molar-refractivity contribution in [3.8, 4) is 0 Å². The number of nitro benzene ring substituents is 1. The topological polar surface area (TPSA) is 59.5 Å². The number of hydrogen-bond donors (Lipinski definition) is 1. The Morgan fingerprint density at radius 1 is 1.44 bits per heavy atom. The molecule has 3 aliphatic carbocycles. The van der Waals surface area contributed by atoms with Crippen molar-refractivity contribution in [1.29, 1.82) is 0 Å². The van der Waals surface area contributed by atoms with E-state index in [0.29, 0.717) is 30.6 Å². The highest BCUT2D eigenvalue weighted by molar-refractivity contribution is 5.70. The summed E-state index contributed by atoms with van der Waals surface area (Å²) in [5.41, 5.74) is -0.806. The van der Waals surface area contributed by atoms with Gasteiger partial charge in [-0.2, -0.15) is 0 Å². The van der Waals surface area contributed by atoms with Crippen LogP contribution in [0.1, 0.15) is 19.3 Å². The number of hydrogen-bond acceptors (Lipinski definition) is 3. The zero-order valence-electron chi connectivity index (χ0n) is 9.44. The number of nitro groups is 1. The summed E-state index contributed by atoms with van der Waals surface area (Å²) in [6, 6.07) is 4.18. The van der Waals surface area contributed by atoms with Gasteiger partial charge in [-0.3, -0.25) is 10.1 Å². The highest BCUT2D eigenvalue weighted by Gasteiger charge is 2.69. The lowest BCUT2D eigenvalue weighted by Gasteiger charge is -2.66. The van der Waals surface area contributed by atoms with Gasteiger partial charge in [-0.25, -0.2) is 9.24 Å². The fourth-order valence-electron chi connectivity index (χ4n) is 2.94. The number of alkyl halides is 1. The molecule has 2 bridgehead atoms. The van der Waals surface area contributed by atoms with E-state index < -0.39 is 10.6 Å². The molecule has 1 N–H and O–H groups in total. The van der Waals surface area contributed by atoms with Gasteiger partial charge in [-0.15, -0.1) is 0 Å². The average molecular weight is 247 g/mol. The number of halogens is 1. The summed E-state index contributed by atoms with van der Waals surface area (Å²) in [4.78, 5) is 13.7. The van der Waals surface area contributed by atoms with E-state index in [1.54, 1.807) is 0 Å². The van der Waals surface area contributed by atoms with Gasteiger partial charge in [0, 0.05) is 30.9 Å². The number of nitrogens with one attached hydrogen (secondary N) is 1. The summed E-state index contributed by atoms with van der Waals surface area (Å²) in [5, 5.41) is 13.9. The smallest absolute Gasteiger partial charge is 0.289 e. The Labute approximate surface area is 103 Å². The first-order valence-electron chi connectivity index (χ1n) is 5.58. The molecule has 92 valence electrons. The molecule has 0 saturated heterocycles. The van der Waals surface area contributed by atoms with Gasteiger partial charge >= 0.3 is 0 Å². The maximum absolute atomic E-state index is 13.4. The Bertz CT molecular complexity index is 574. The predicted octanol–water partition coefficient (Wildman–Crippen LogP) is 3.20. The van der Waals surface area contributed by atoms with Crippen LogP contribution in [0.3, 0.4) is 0 Å². The van der Waals surface area contributed by atoms with E-state index in [9.17, 15) is 14.5 Å². The molecule has 0 amide bonds. The summed E-state index contributed by atoms with van der Waals surface area (Å²) in [7, 11) is 0. The Kier molecular flexibility index (Phi) is 1.94. The third kappa shape index (κ3) is 1.44. The Hall–Kier alpha value is -2.16. The lowest BCUT2D eigenvalue weighted by atomic mass is 9.47. The van der Waals surface area contributed by atoms with Gasteiger partial charge in [0.05, 0.1) is 11.5 Å². The lowest BCUT2D eigenvalue weighted by Crippen LogP contribution is -2.73. The van der Waals surface area contributed by atoms with E-state index in [1.807, 2.05) is 0 Å². The number of rotatable bonds is 3. The molecule has 0 heterocycles. The molecule has 1 aromatic carbocycles. The lowest BCUT2D eigenvalue weighted by molar-refractivity contribution is -0.384. The molecule has 4 rings (SSSR count). The SMILES string of the molecule is [C-]#[N+]c1ccc([N+](=O)[O-])c(NC23CC(F)(C2)C3)c1. The molecule has 0 aliphatic heterocycles.